The Morgan fingerprint density at radius 3 is 3.12 bits per heavy atom. The van der Waals surface area contributed by atoms with Crippen molar-refractivity contribution in [2.24, 2.45) is 5.73 Å². The van der Waals surface area contributed by atoms with Crippen molar-refractivity contribution < 1.29 is 4.79 Å². The van der Waals surface area contributed by atoms with Crippen LogP contribution in [0.3, 0.4) is 0 Å². The van der Waals surface area contributed by atoms with Gasteiger partial charge in [-0.05, 0) is 19.3 Å². The van der Waals surface area contributed by atoms with Gasteiger partial charge in [0.2, 0.25) is 5.91 Å². The van der Waals surface area contributed by atoms with E-state index < -0.39 is 6.04 Å². The monoisotopic (exact) mass is 239 g/mol. The summed E-state index contributed by atoms with van der Waals surface area (Å²) < 4.78 is 0. The molecule has 1 aliphatic carbocycles. The SMILES string of the molecule is CCC[C@H](N)C(=O)Nc1nc(C2CC2)cs1. The Bertz CT molecular complexity index is 373. The third-order valence-corrected chi connectivity index (χ3v) is 3.46. The summed E-state index contributed by atoms with van der Waals surface area (Å²) in [5.41, 5.74) is 6.83. The molecule has 2 rings (SSSR count). The number of amides is 1. The lowest BCUT2D eigenvalue weighted by molar-refractivity contribution is -0.117. The van der Waals surface area contributed by atoms with Crippen LogP contribution in [0.5, 0.6) is 0 Å². The minimum absolute atomic E-state index is 0.126. The van der Waals surface area contributed by atoms with Crippen LogP contribution < -0.4 is 11.1 Å². The van der Waals surface area contributed by atoms with Gasteiger partial charge in [-0.25, -0.2) is 4.98 Å². The molecule has 1 aromatic heterocycles. The summed E-state index contributed by atoms with van der Waals surface area (Å²) in [6, 6.07) is -0.418. The Morgan fingerprint density at radius 2 is 2.50 bits per heavy atom. The van der Waals surface area contributed by atoms with Crippen LogP contribution in [0.25, 0.3) is 0 Å². The smallest absolute Gasteiger partial charge is 0.243 e. The molecule has 0 spiro atoms. The highest BCUT2D eigenvalue weighted by atomic mass is 32.1. The molecule has 0 radical (unpaired) electrons. The van der Waals surface area contributed by atoms with Crippen molar-refractivity contribution in [3.05, 3.63) is 11.1 Å². The van der Waals surface area contributed by atoms with E-state index in [9.17, 15) is 4.79 Å². The summed E-state index contributed by atoms with van der Waals surface area (Å²) in [5, 5.41) is 5.48. The number of nitrogens with one attached hydrogen (secondary N) is 1. The molecule has 0 aromatic carbocycles. The maximum atomic E-state index is 11.6. The molecule has 3 N–H and O–H groups in total. The van der Waals surface area contributed by atoms with Crippen molar-refractivity contribution in [1.29, 1.82) is 0 Å². The molecule has 0 unspecified atom stereocenters. The molecule has 1 amide bonds. The first-order chi connectivity index (χ1) is 7.70. The molecule has 1 saturated carbocycles. The van der Waals surface area contributed by atoms with E-state index in [2.05, 4.69) is 10.3 Å². The molecule has 0 saturated heterocycles. The summed E-state index contributed by atoms with van der Waals surface area (Å²) in [7, 11) is 0. The average Bonchev–Trinajstić information content (AvgIpc) is 3.01. The molecular formula is C11H17N3OS. The minimum Gasteiger partial charge on any atom is -0.320 e. The highest BCUT2D eigenvalue weighted by Crippen LogP contribution is 2.40. The van der Waals surface area contributed by atoms with E-state index in [1.807, 2.05) is 12.3 Å². The Balaban J connectivity index is 1.89. The van der Waals surface area contributed by atoms with Crippen LogP contribution in [0.1, 0.15) is 44.2 Å². The van der Waals surface area contributed by atoms with Crippen molar-refractivity contribution in [2.75, 3.05) is 5.32 Å². The molecule has 0 bridgehead atoms. The number of nitrogens with two attached hydrogens (primary N) is 1. The number of aromatic nitrogens is 1. The van der Waals surface area contributed by atoms with Crippen LogP contribution >= 0.6 is 11.3 Å². The van der Waals surface area contributed by atoms with Gasteiger partial charge < -0.3 is 11.1 Å². The summed E-state index contributed by atoms with van der Waals surface area (Å²) in [6.45, 7) is 2.02. The zero-order chi connectivity index (χ0) is 11.5. The lowest BCUT2D eigenvalue weighted by atomic mass is 10.2. The largest absolute Gasteiger partial charge is 0.320 e. The molecule has 5 heteroatoms. The lowest BCUT2D eigenvalue weighted by Crippen LogP contribution is -2.35. The van der Waals surface area contributed by atoms with E-state index in [4.69, 9.17) is 5.73 Å². The summed E-state index contributed by atoms with van der Waals surface area (Å²) in [5.74, 6) is 0.504. The molecule has 0 aliphatic heterocycles. The summed E-state index contributed by atoms with van der Waals surface area (Å²) in [4.78, 5) is 16.0. The van der Waals surface area contributed by atoms with E-state index in [0.717, 1.165) is 12.1 Å². The molecule has 1 atom stereocenters. The van der Waals surface area contributed by atoms with Gasteiger partial charge in [-0.3, -0.25) is 4.79 Å². The second kappa shape index (κ2) is 4.93. The van der Waals surface area contributed by atoms with E-state index >= 15 is 0 Å². The second-order valence-electron chi connectivity index (χ2n) is 4.24. The molecule has 1 aromatic rings. The number of carbonyl (C=O) groups excluding carboxylic acids is 1. The van der Waals surface area contributed by atoms with Gasteiger partial charge in [-0.1, -0.05) is 13.3 Å². The van der Waals surface area contributed by atoms with Gasteiger partial charge in [0.15, 0.2) is 5.13 Å². The van der Waals surface area contributed by atoms with Crippen LogP contribution in [0.4, 0.5) is 5.13 Å². The number of hydrogen-bond acceptors (Lipinski definition) is 4. The highest BCUT2D eigenvalue weighted by Gasteiger charge is 2.26. The van der Waals surface area contributed by atoms with Crippen LogP contribution in [-0.2, 0) is 4.79 Å². The number of nitrogens with zero attached hydrogens (tertiary/aromatic N) is 1. The van der Waals surface area contributed by atoms with Crippen molar-refractivity contribution in [3.63, 3.8) is 0 Å². The molecule has 88 valence electrons. The Morgan fingerprint density at radius 1 is 1.75 bits per heavy atom. The maximum absolute atomic E-state index is 11.6. The van der Waals surface area contributed by atoms with E-state index in [0.29, 0.717) is 17.5 Å². The first-order valence-electron chi connectivity index (χ1n) is 5.72. The Kier molecular flexibility index (Phi) is 3.56. The van der Waals surface area contributed by atoms with Crippen molar-refractivity contribution in [3.8, 4) is 0 Å². The number of hydrogen-bond donors (Lipinski definition) is 2. The van der Waals surface area contributed by atoms with E-state index in [-0.39, 0.29) is 5.91 Å². The van der Waals surface area contributed by atoms with Crippen molar-refractivity contribution >= 4 is 22.4 Å². The number of rotatable bonds is 5. The van der Waals surface area contributed by atoms with E-state index in [1.165, 1.54) is 24.2 Å². The minimum atomic E-state index is -0.418. The Hall–Kier alpha value is -0.940. The molecule has 1 heterocycles. The summed E-state index contributed by atoms with van der Waals surface area (Å²) in [6.07, 6.45) is 4.09. The van der Waals surface area contributed by atoms with Crippen LogP contribution in [0.2, 0.25) is 0 Å². The fourth-order valence-corrected chi connectivity index (χ4v) is 2.35. The molecular weight excluding hydrogens is 222 g/mol. The lowest BCUT2D eigenvalue weighted by Gasteiger charge is -2.08. The topological polar surface area (TPSA) is 68.0 Å². The van der Waals surface area contributed by atoms with Gasteiger partial charge in [-0.2, -0.15) is 0 Å². The van der Waals surface area contributed by atoms with Gasteiger partial charge in [0.1, 0.15) is 0 Å². The second-order valence-corrected chi connectivity index (χ2v) is 5.09. The van der Waals surface area contributed by atoms with Crippen LogP contribution in [0.15, 0.2) is 5.38 Å². The predicted molar refractivity (Wildman–Crippen MR) is 65.6 cm³/mol. The highest BCUT2D eigenvalue weighted by molar-refractivity contribution is 7.13. The zero-order valence-electron chi connectivity index (χ0n) is 9.40. The molecule has 1 aliphatic rings. The van der Waals surface area contributed by atoms with Gasteiger partial charge in [0, 0.05) is 11.3 Å². The maximum Gasteiger partial charge on any atom is 0.243 e. The van der Waals surface area contributed by atoms with Crippen molar-refractivity contribution in [1.82, 2.24) is 4.98 Å². The quantitative estimate of drug-likeness (QED) is 0.826. The molecule has 16 heavy (non-hydrogen) atoms. The van der Waals surface area contributed by atoms with Gasteiger partial charge in [-0.15, -0.1) is 11.3 Å². The molecule has 1 fully saturated rings. The normalized spacial score (nSPS) is 17.1. The fraction of sp³-hybridized carbons (Fsp3) is 0.636. The van der Waals surface area contributed by atoms with Crippen LogP contribution in [0, 0.1) is 0 Å². The van der Waals surface area contributed by atoms with Crippen molar-refractivity contribution in [2.45, 2.75) is 44.6 Å². The van der Waals surface area contributed by atoms with Gasteiger partial charge in [0.25, 0.3) is 0 Å². The number of carbonyl (C=O) groups is 1. The summed E-state index contributed by atoms with van der Waals surface area (Å²) >= 11 is 1.48. The first-order valence-corrected chi connectivity index (χ1v) is 6.60. The van der Waals surface area contributed by atoms with Crippen LogP contribution in [-0.4, -0.2) is 16.9 Å². The zero-order valence-corrected chi connectivity index (χ0v) is 10.2. The third kappa shape index (κ3) is 2.80. The fourth-order valence-electron chi connectivity index (χ4n) is 1.55. The number of anilines is 1. The predicted octanol–water partition coefficient (Wildman–Crippen LogP) is 2.09. The number of thiazole rings is 1. The van der Waals surface area contributed by atoms with E-state index in [1.54, 1.807) is 0 Å². The Labute approximate surface area is 99.3 Å². The first kappa shape index (κ1) is 11.5. The third-order valence-electron chi connectivity index (χ3n) is 2.68. The van der Waals surface area contributed by atoms with Gasteiger partial charge >= 0.3 is 0 Å². The standard InChI is InChI=1S/C11H17N3OS/c1-2-3-8(12)10(15)14-11-13-9(6-16-11)7-4-5-7/h6-8H,2-5,12H2,1H3,(H,13,14,15)/t8-/m0/s1. The molecule has 4 nitrogen and oxygen atoms in total. The average molecular weight is 239 g/mol. The van der Waals surface area contributed by atoms with Gasteiger partial charge in [0.05, 0.1) is 11.7 Å².